The third-order valence-electron chi connectivity index (χ3n) is 3.64. The van der Waals surface area contributed by atoms with Crippen molar-refractivity contribution in [1.29, 1.82) is 0 Å². The van der Waals surface area contributed by atoms with E-state index in [1.807, 2.05) is 0 Å². The fraction of sp³-hybridized carbons (Fsp3) is 0.250. The molecule has 0 bridgehead atoms. The molecule has 0 unspecified atom stereocenters. The number of rotatable bonds is 3. The van der Waals surface area contributed by atoms with Gasteiger partial charge in [-0.05, 0) is 25.8 Å². The first kappa shape index (κ1) is 16.3. The predicted octanol–water partition coefficient (Wildman–Crippen LogP) is 3.04. The number of aryl methyl sites for hydroxylation is 2. The lowest BCUT2D eigenvalue weighted by Gasteiger charge is -2.14. The van der Waals surface area contributed by atoms with Crippen molar-refractivity contribution >= 4 is 33.9 Å². The number of carbonyl (C=O) groups is 2. The van der Waals surface area contributed by atoms with Crippen LogP contribution in [0.3, 0.4) is 0 Å². The Hall–Kier alpha value is -2.61. The molecule has 0 fully saturated rings. The lowest BCUT2D eigenvalue weighted by molar-refractivity contribution is -0.114. The van der Waals surface area contributed by atoms with Crippen LogP contribution in [0.5, 0.6) is 0 Å². The molecule has 2 heterocycles. The number of allylic oxidation sites excluding steroid dienone is 1. The lowest BCUT2D eigenvalue weighted by atomic mass is 9.93. The number of nitrogens with zero attached hydrogens (tertiary/aromatic N) is 2. The van der Waals surface area contributed by atoms with Gasteiger partial charge in [0.1, 0.15) is 5.76 Å². The van der Waals surface area contributed by atoms with Crippen LogP contribution in [0.1, 0.15) is 39.8 Å². The second kappa shape index (κ2) is 6.12. The molecule has 0 saturated carbocycles. The number of aliphatic hydroxyl groups is 1. The molecule has 0 spiro atoms. The highest BCUT2D eigenvalue weighted by molar-refractivity contribution is 7.16. The van der Waals surface area contributed by atoms with Crippen molar-refractivity contribution in [3.05, 3.63) is 45.5 Å². The van der Waals surface area contributed by atoms with Crippen LogP contribution in [-0.4, -0.2) is 26.8 Å². The Morgan fingerprint density at radius 3 is 2.79 bits per heavy atom. The van der Waals surface area contributed by atoms with E-state index in [1.54, 1.807) is 0 Å². The Bertz CT molecular complexity index is 889. The van der Waals surface area contributed by atoms with E-state index in [0.29, 0.717) is 28.5 Å². The van der Waals surface area contributed by atoms with Crippen molar-refractivity contribution in [2.24, 2.45) is 0 Å². The van der Waals surface area contributed by atoms with Gasteiger partial charge in [-0.3, -0.25) is 9.59 Å². The second-order valence-corrected chi connectivity index (χ2v) is 6.46. The maximum Gasteiger partial charge on any atom is 0.223 e. The van der Waals surface area contributed by atoms with E-state index in [9.17, 15) is 19.1 Å². The fourth-order valence-corrected chi connectivity index (χ4v) is 3.52. The number of amides is 1. The van der Waals surface area contributed by atoms with Crippen LogP contribution < -0.4 is 5.32 Å². The number of aliphatic hydroxyl groups excluding tert-OH is 1. The summed E-state index contributed by atoms with van der Waals surface area (Å²) in [6.07, 6.45) is 1.96. The number of pyridine rings is 1. The molecule has 1 amide bonds. The summed E-state index contributed by atoms with van der Waals surface area (Å²) < 4.78 is 13.3. The molecule has 8 heteroatoms. The summed E-state index contributed by atoms with van der Waals surface area (Å²) in [5, 5.41) is 13.4. The van der Waals surface area contributed by atoms with Crippen molar-refractivity contribution in [1.82, 2.24) is 9.97 Å². The largest absolute Gasteiger partial charge is 0.506 e. The minimum absolute atomic E-state index is 0.141. The Kier molecular flexibility index (Phi) is 4.15. The molecular weight excluding hydrogens is 333 g/mol. The van der Waals surface area contributed by atoms with Gasteiger partial charge in [0.2, 0.25) is 11.9 Å². The molecule has 0 aliphatic heterocycles. The van der Waals surface area contributed by atoms with Crippen molar-refractivity contribution in [3.8, 4) is 0 Å². The van der Waals surface area contributed by atoms with E-state index in [-0.39, 0.29) is 34.1 Å². The number of anilines is 1. The molecule has 124 valence electrons. The van der Waals surface area contributed by atoms with E-state index in [1.165, 1.54) is 19.9 Å². The van der Waals surface area contributed by atoms with Gasteiger partial charge in [0.05, 0.1) is 10.6 Å². The molecule has 1 aliphatic rings. The summed E-state index contributed by atoms with van der Waals surface area (Å²) in [7, 11) is 0. The first-order valence-corrected chi connectivity index (χ1v) is 8.05. The predicted molar refractivity (Wildman–Crippen MR) is 87.6 cm³/mol. The van der Waals surface area contributed by atoms with Crippen LogP contribution in [0.25, 0.3) is 5.76 Å². The maximum absolute atomic E-state index is 13.3. The molecule has 0 atom stereocenters. The maximum atomic E-state index is 13.3. The molecule has 0 aromatic carbocycles. The minimum Gasteiger partial charge on any atom is -0.506 e. The van der Waals surface area contributed by atoms with Gasteiger partial charge in [0.15, 0.2) is 10.9 Å². The van der Waals surface area contributed by atoms with Gasteiger partial charge < -0.3 is 10.4 Å². The Balaban J connectivity index is 1.97. The van der Waals surface area contributed by atoms with E-state index < -0.39 is 5.95 Å². The van der Waals surface area contributed by atoms with Gasteiger partial charge in [0, 0.05) is 29.8 Å². The van der Waals surface area contributed by atoms with E-state index in [0.717, 1.165) is 17.5 Å². The monoisotopic (exact) mass is 347 g/mol. The number of nitrogens with one attached hydrogen (secondary N) is 1. The Morgan fingerprint density at radius 1 is 1.38 bits per heavy atom. The molecule has 2 aromatic heterocycles. The number of Topliss-reactive ketones (excluding diaryl/α,β-unsaturated/α-hetero) is 1. The highest BCUT2D eigenvalue weighted by Crippen LogP contribution is 2.37. The van der Waals surface area contributed by atoms with E-state index in [2.05, 4.69) is 15.3 Å². The molecule has 3 rings (SSSR count). The highest BCUT2D eigenvalue weighted by atomic mass is 32.1. The number of hydrogen-bond donors (Lipinski definition) is 2. The van der Waals surface area contributed by atoms with Gasteiger partial charge >= 0.3 is 0 Å². The molecule has 2 aromatic rings. The summed E-state index contributed by atoms with van der Waals surface area (Å²) in [5.74, 6) is -1.41. The second-order valence-electron chi connectivity index (χ2n) is 5.46. The molecule has 0 radical (unpaired) electrons. The Labute approximate surface area is 141 Å². The van der Waals surface area contributed by atoms with Crippen molar-refractivity contribution in [2.75, 3.05) is 5.32 Å². The molecule has 24 heavy (non-hydrogen) atoms. The average Bonchev–Trinajstić information content (AvgIpc) is 2.92. The zero-order valence-electron chi connectivity index (χ0n) is 13.0. The summed E-state index contributed by atoms with van der Waals surface area (Å²) in [6, 6.07) is 1.41. The zero-order valence-corrected chi connectivity index (χ0v) is 13.8. The van der Waals surface area contributed by atoms with Crippen molar-refractivity contribution < 1.29 is 19.1 Å². The van der Waals surface area contributed by atoms with Crippen LogP contribution in [0.4, 0.5) is 9.52 Å². The number of halogens is 1. The summed E-state index contributed by atoms with van der Waals surface area (Å²) in [4.78, 5) is 32.0. The SMILES string of the molecule is CC(=O)Nc1nc2c(s1)C(O)=C(C(=O)c1cnc(F)c(C)c1)CC2. The number of carbonyl (C=O) groups excluding carboxylic acids is 2. The van der Waals surface area contributed by atoms with Crippen LogP contribution in [-0.2, 0) is 11.2 Å². The summed E-state index contributed by atoms with van der Waals surface area (Å²) >= 11 is 1.11. The number of thiazole rings is 1. The highest BCUT2D eigenvalue weighted by Gasteiger charge is 2.28. The molecule has 0 saturated heterocycles. The fourth-order valence-electron chi connectivity index (χ4n) is 2.49. The molecule has 2 N–H and O–H groups in total. The molecular formula is C16H14FN3O3S. The topological polar surface area (TPSA) is 92.2 Å². The standard InChI is InChI=1S/C16H14FN3O3S/c1-7-5-9(6-18-15(7)17)12(22)10-3-4-11-14(13(10)23)24-16(20-11)19-8(2)21/h5-6,23H,3-4H2,1-2H3,(H,19,20,21). The summed E-state index contributed by atoms with van der Waals surface area (Å²) in [5.41, 5.74) is 1.38. The third-order valence-corrected chi connectivity index (χ3v) is 4.66. The van der Waals surface area contributed by atoms with Crippen molar-refractivity contribution in [3.63, 3.8) is 0 Å². The van der Waals surface area contributed by atoms with Crippen molar-refractivity contribution in [2.45, 2.75) is 26.7 Å². The lowest BCUT2D eigenvalue weighted by Crippen LogP contribution is -2.13. The first-order chi connectivity index (χ1) is 11.4. The van der Waals surface area contributed by atoms with E-state index >= 15 is 0 Å². The van der Waals surface area contributed by atoms with Gasteiger partial charge in [0.25, 0.3) is 0 Å². The smallest absolute Gasteiger partial charge is 0.223 e. The van der Waals surface area contributed by atoms with Gasteiger partial charge in [-0.1, -0.05) is 11.3 Å². The van der Waals surface area contributed by atoms with Crippen LogP contribution in [0.2, 0.25) is 0 Å². The van der Waals surface area contributed by atoms with Gasteiger partial charge in [-0.15, -0.1) is 0 Å². The number of ketones is 1. The van der Waals surface area contributed by atoms with Crippen LogP contribution >= 0.6 is 11.3 Å². The average molecular weight is 347 g/mol. The normalized spacial score (nSPS) is 13.6. The quantitative estimate of drug-likeness (QED) is 0.658. The first-order valence-electron chi connectivity index (χ1n) is 7.23. The van der Waals surface area contributed by atoms with Crippen LogP contribution in [0, 0.1) is 12.9 Å². The third kappa shape index (κ3) is 2.92. The number of aromatic nitrogens is 2. The number of hydrogen-bond acceptors (Lipinski definition) is 6. The zero-order chi connectivity index (χ0) is 17.4. The molecule has 1 aliphatic carbocycles. The summed E-state index contributed by atoms with van der Waals surface area (Å²) in [6.45, 7) is 2.89. The number of fused-ring (bicyclic) bond motifs is 1. The molecule has 6 nitrogen and oxygen atoms in total. The van der Waals surface area contributed by atoms with Crippen LogP contribution in [0.15, 0.2) is 17.8 Å². The Morgan fingerprint density at radius 2 is 2.12 bits per heavy atom. The van der Waals surface area contributed by atoms with Gasteiger partial charge in [-0.2, -0.15) is 4.39 Å². The minimum atomic E-state index is -0.627. The van der Waals surface area contributed by atoms with E-state index in [4.69, 9.17) is 0 Å². The van der Waals surface area contributed by atoms with Gasteiger partial charge in [-0.25, -0.2) is 9.97 Å².